The predicted octanol–water partition coefficient (Wildman–Crippen LogP) is 3.05. The van der Waals surface area contributed by atoms with Crippen molar-refractivity contribution in [2.45, 2.75) is 39.3 Å². The lowest BCUT2D eigenvalue weighted by atomic mass is 10.1. The quantitative estimate of drug-likeness (QED) is 0.756. The average molecular weight is 285 g/mol. The van der Waals surface area contributed by atoms with Crippen molar-refractivity contribution in [3.63, 3.8) is 0 Å². The molecule has 108 valence electrons. The van der Waals surface area contributed by atoms with Gasteiger partial charge in [-0.2, -0.15) is 0 Å². The summed E-state index contributed by atoms with van der Waals surface area (Å²) in [4.78, 5) is 2.07. The molecule has 0 amide bonds. The van der Waals surface area contributed by atoms with Crippen LogP contribution in [0.1, 0.15) is 32.8 Å². The fourth-order valence-electron chi connectivity index (χ4n) is 2.13. The molecule has 0 saturated carbocycles. The van der Waals surface area contributed by atoms with E-state index < -0.39 is 5.60 Å². The van der Waals surface area contributed by atoms with Crippen molar-refractivity contribution in [2.75, 3.05) is 25.0 Å². The summed E-state index contributed by atoms with van der Waals surface area (Å²) in [5.41, 5.74) is 1.55. The van der Waals surface area contributed by atoms with Crippen molar-refractivity contribution in [2.24, 2.45) is 0 Å². The van der Waals surface area contributed by atoms with E-state index in [-0.39, 0.29) is 0 Å². The Labute approximate surface area is 121 Å². The van der Waals surface area contributed by atoms with Crippen LogP contribution in [0.25, 0.3) is 0 Å². The van der Waals surface area contributed by atoms with Crippen molar-refractivity contribution < 1.29 is 5.11 Å². The molecule has 0 bridgehead atoms. The second kappa shape index (κ2) is 7.13. The summed E-state index contributed by atoms with van der Waals surface area (Å²) in [6.07, 6.45) is 1.11. The van der Waals surface area contributed by atoms with Gasteiger partial charge >= 0.3 is 0 Å². The first kappa shape index (κ1) is 16.3. The fraction of sp³-hybridized carbons (Fsp3) is 0.600. The molecule has 0 heterocycles. The van der Waals surface area contributed by atoms with Crippen molar-refractivity contribution in [3.8, 4) is 0 Å². The van der Waals surface area contributed by atoms with Crippen LogP contribution in [0, 0.1) is 0 Å². The number of nitrogens with one attached hydrogen (secondary N) is 1. The predicted molar refractivity (Wildman–Crippen MR) is 83.0 cm³/mol. The summed E-state index contributed by atoms with van der Waals surface area (Å²) >= 11 is 6.07. The first-order valence-corrected chi connectivity index (χ1v) is 7.14. The zero-order valence-corrected chi connectivity index (χ0v) is 13.1. The Morgan fingerprint density at radius 3 is 2.63 bits per heavy atom. The molecule has 0 aliphatic heterocycles. The number of halogens is 1. The minimum absolute atomic E-state index is 0.579. The molecule has 0 fully saturated rings. The molecule has 0 aliphatic rings. The van der Waals surface area contributed by atoms with E-state index in [2.05, 4.69) is 17.1 Å². The number of aliphatic hydroxyl groups is 1. The van der Waals surface area contributed by atoms with Gasteiger partial charge in [-0.3, -0.25) is 0 Å². The first-order chi connectivity index (χ1) is 8.83. The van der Waals surface area contributed by atoms with Gasteiger partial charge in [-0.05, 0) is 50.6 Å². The van der Waals surface area contributed by atoms with Crippen LogP contribution < -0.4 is 10.2 Å². The SMILES string of the molecule is CCCNCc1cc(Cl)ccc1N(C)CC(C)(C)O. The molecule has 0 aromatic heterocycles. The van der Waals surface area contributed by atoms with Gasteiger partial charge in [-0.25, -0.2) is 0 Å². The van der Waals surface area contributed by atoms with Crippen LogP contribution in [0.15, 0.2) is 18.2 Å². The minimum atomic E-state index is -0.720. The lowest BCUT2D eigenvalue weighted by molar-refractivity contribution is 0.0886. The summed E-state index contributed by atoms with van der Waals surface area (Å²) in [6, 6.07) is 5.89. The molecular formula is C15H25ClN2O. The summed E-state index contributed by atoms with van der Waals surface area (Å²) < 4.78 is 0. The van der Waals surface area contributed by atoms with E-state index in [1.54, 1.807) is 0 Å². The summed E-state index contributed by atoms with van der Waals surface area (Å²) in [7, 11) is 1.99. The molecule has 1 aromatic rings. The molecule has 19 heavy (non-hydrogen) atoms. The molecule has 0 saturated heterocycles. The van der Waals surface area contributed by atoms with Gasteiger partial charge in [-0.15, -0.1) is 0 Å². The second-order valence-corrected chi connectivity index (χ2v) is 6.05. The number of anilines is 1. The highest BCUT2D eigenvalue weighted by molar-refractivity contribution is 6.30. The third-order valence-electron chi connectivity index (χ3n) is 2.82. The molecule has 0 unspecified atom stereocenters. The normalized spacial score (nSPS) is 11.7. The number of rotatable bonds is 7. The first-order valence-electron chi connectivity index (χ1n) is 6.76. The highest BCUT2D eigenvalue weighted by atomic mass is 35.5. The number of benzene rings is 1. The van der Waals surface area contributed by atoms with Gasteiger partial charge in [0.05, 0.1) is 5.60 Å². The van der Waals surface area contributed by atoms with Gasteiger partial charge in [0, 0.05) is 30.8 Å². The van der Waals surface area contributed by atoms with E-state index in [1.807, 2.05) is 39.1 Å². The fourth-order valence-corrected chi connectivity index (χ4v) is 2.33. The van der Waals surface area contributed by atoms with Crippen molar-refractivity contribution >= 4 is 17.3 Å². The van der Waals surface area contributed by atoms with Crippen LogP contribution >= 0.6 is 11.6 Å². The molecule has 3 nitrogen and oxygen atoms in total. The second-order valence-electron chi connectivity index (χ2n) is 5.62. The van der Waals surface area contributed by atoms with Crippen LogP contribution in [0.4, 0.5) is 5.69 Å². The Balaban J connectivity index is 2.86. The molecular weight excluding hydrogens is 260 g/mol. The third-order valence-corrected chi connectivity index (χ3v) is 3.05. The van der Waals surface area contributed by atoms with Gasteiger partial charge in [0.2, 0.25) is 0 Å². The number of likely N-dealkylation sites (N-methyl/N-ethyl adjacent to an activating group) is 1. The molecule has 0 atom stereocenters. The van der Waals surface area contributed by atoms with Gasteiger partial charge in [0.25, 0.3) is 0 Å². The van der Waals surface area contributed by atoms with E-state index in [4.69, 9.17) is 11.6 Å². The van der Waals surface area contributed by atoms with E-state index >= 15 is 0 Å². The lowest BCUT2D eigenvalue weighted by Crippen LogP contribution is -2.36. The lowest BCUT2D eigenvalue weighted by Gasteiger charge is -2.29. The standard InChI is InChI=1S/C15H25ClN2O/c1-5-8-17-10-12-9-13(16)6-7-14(12)18(4)11-15(2,3)19/h6-7,9,17,19H,5,8,10-11H2,1-4H3. The molecule has 0 spiro atoms. The highest BCUT2D eigenvalue weighted by Gasteiger charge is 2.17. The molecule has 1 aromatic carbocycles. The van der Waals surface area contributed by atoms with Crippen LogP contribution in [0.2, 0.25) is 5.02 Å². The Bertz CT molecular complexity index is 402. The number of hydrogen-bond donors (Lipinski definition) is 2. The molecule has 2 N–H and O–H groups in total. The van der Waals surface area contributed by atoms with E-state index in [0.717, 1.165) is 35.8 Å². The van der Waals surface area contributed by atoms with Crippen LogP contribution in [0.3, 0.4) is 0 Å². The maximum atomic E-state index is 9.93. The van der Waals surface area contributed by atoms with Crippen molar-refractivity contribution in [1.29, 1.82) is 0 Å². The van der Waals surface area contributed by atoms with E-state index in [9.17, 15) is 5.11 Å². The van der Waals surface area contributed by atoms with Gasteiger partial charge in [0.1, 0.15) is 0 Å². The van der Waals surface area contributed by atoms with Crippen LogP contribution in [-0.4, -0.2) is 30.8 Å². The third kappa shape index (κ3) is 5.81. The Morgan fingerprint density at radius 2 is 2.05 bits per heavy atom. The van der Waals surface area contributed by atoms with Crippen molar-refractivity contribution in [3.05, 3.63) is 28.8 Å². The largest absolute Gasteiger partial charge is 0.389 e. The van der Waals surface area contributed by atoms with Gasteiger partial charge < -0.3 is 15.3 Å². The highest BCUT2D eigenvalue weighted by Crippen LogP contribution is 2.24. The Hall–Kier alpha value is -0.770. The topological polar surface area (TPSA) is 35.5 Å². The summed E-state index contributed by atoms with van der Waals surface area (Å²) in [5.74, 6) is 0. The van der Waals surface area contributed by atoms with E-state index in [0.29, 0.717) is 6.54 Å². The zero-order valence-electron chi connectivity index (χ0n) is 12.3. The maximum absolute atomic E-state index is 9.93. The minimum Gasteiger partial charge on any atom is -0.389 e. The van der Waals surface area contributed by atoms with Gasteiger partial charge in [0.15, 0.2) is 0 Å². The Kier molecular flexibility index (Phi) is 6.11. The number of nitrogens with zero attached hydrogens (tertiary/aromatic N) is 1. The smallest absolute Gasteiger partial charge is 0.0765 e. The molecule has 1 rings (SSSR count). The monoisotopic (exact) mass is 284 g/mol. The maximum Gasteiger partial charge on any atom is 0.0765 e. The summed E-state index contributed by atoms with van der Waals surface area (Å²) in [5, 5.41) is 14.1. The molecule has 0 radical (unpaired) electrons. The van der Waals surface area contributed by atoms with E-state index in [1.165, 1.54) is 0 Å². The molecule has 4 heteroatoms. The molecule has 0 aliphatic carbocycles. The van der Waals surface area contributed by atoms with Crippen LogP contribution in [-0.2, 0) is 6.54 Å². The Morgan fingerprint density at radius 1 is 1.37 bits per heavy atom. The zero-order chi connectivity index (χ0) is 14.5. The average Bonchev–Trinajstić information content (AvgIpc) is 2.27. The van der Waals surface area contributed by atoms with Crippen molar-refractivity contribution in [1.82, 2.24) is 5.32 Å². The summed E-state index contributed by atoms with van der Waals surface area (Å²) in [6.45, 7) is 8.13. The van der Waals surface area contributed by atoms with Crippen LogP contribution in [0.5, 0.6) is 0 Å². The number of hydrogen-bond acceptors (Lipinski definition) is 3. The van der Waals surface area contributed by atoms with Gasteiger partial charge in [-0.1, -0.05) is 18.5 Å².